The molecule has 0 saturated carbocycles. The largest absolute Gasteiger partial charge is 0.363 e. The van der Waals surface area contributed by atoms with Crippen molar-refractivity contribution in [1.29, 1.82) is 0 Å². The molecule has 29 heavy (non-hydrogen) atoms. The predicted molar refractivity (Wildman–Crippen MR) is 111 cm³/mol. The van der Waals surface area contributed by atoms with Crippen molar-refractivity contribution in [3.63, 3.8) is 0 Å². The average molecular weight is 391 g/mol. The number of amides is 1. The number of rotatable bonds is 4. The molecule has 0 radical (unpaired) electrons. The van der Waals surface area contributed by atoms with Gasteiger partial charge in [0.1, 0.15) is 11.5 Å². The summed E-state index contributed by atoms with van der Waals surface area (Å²) in [6, 6.07) is 7.68. The maximum Gasteiger partial charge on any atom is 0.272 e. The van der Waals surface area contributed by atoms with Gasteiger partial charge in [-0.15, -0.1) is 0 Å². The van der Waals surface area contributed by atoms with Crippen LogP contribution in [-0.4, -0.2) is 62.7 Å². The Morgan fingerprint density at radius 1 is 1.07 bits per heavy atom. The van der Waals surface area contributed by atoms with Crippen molar-refractivity contribution in [2.75, 3.05) is 32.1 Å². The molecule has 0 spiro atoms. The minimum absolute atomic E-state index is 0.0394. The molecule has 8 nitrogen and oxygen atoms in total. The van der Waals surface area contributed by atoms with E-state index in [2.05, 4.69) is 16.1 Å². The zero-order chi connectivity index (χ0) is 20.4. The standard InChI is InChI=1S/C21H25N7O/c1-26(2)19-14-17(24-20(25-19)16-4-9-22-10-5-16)15-7-12-28(13-8-15)21(29)18-6-11-23-27(18)3/h4-6,9-11,14-15H,7-8,12-13H2,1-3H3. The zero-order valence-corrected chi connectivity index (χ0v) is 17.0. The van der Waals surface area contributed by atoms with Crippen LogP contribution in [0, 0.1) is 0 Å². The van der Waals surface area contributed by atoms with E-state index in [1.54, 1.807) is 36.4 Å². The monoisotopic (exact) mass is 391 g/mol. The van der Waals surface area contributed by atoms with Crippen molar-refractivity contribution < 1.29 is 4.79 Å². The summed E-state index contributed by atoms with van der Waals surface area (Å²) in [6.07, 6.45) is 6.92. The lowest BCUT2D eigenvalue weighted by Crippen LogP contribution is -2.39. The quantitative estimate of drug-likeness (QED) is 0.679. The van der Waals surface area contributed by atoms with Crippen molar-refractivity contribution in [3.8, 4) is 11.4 Å². The molecule has 0 unspecified atom stereocenters. The molecule has 1 fully saturated rings. The molecule has 1 amide bonds. The van der Waals surface area contributed by atoms with Gasteiger partial charge in [-0.1, -0.05) is 0 Å². The van der Waals surface area contributed by atoms with E-state index in [9.17, 15) is 4.79 Å². The van der Waals surface area contributed by atoms with Gasteiger partial charge in [0.2, 0.25) is 0 Å². The average Bonchev–Trinajstić information content (AvgIpc) is 3.19. The van der Waals surface area contributed by atoms with Crippen molar-refractivity contribution in [3.05, 3.63) is 54.2 Å². The highest BCUT2D eigenvalue weighted by Gasteiger charge is 2.27. The maximum absolute atomic E-state index is 12.7. The van der Waals surface area contributed by atoms with Gasteiger partial charge < -0.3 is 9.80 Å². The summed E-state index contributed by atoms with van der Waals surface area (Å²) in [5, 5.41) is 4.10. The lowest BCUT2D eigenvalue weighted by molar-refractivity contribution is 0.0701. The number of aryl methyl sites for hydroxylation is 1. The Morgan fingerprint density at radius 2 is 1.79 bits per heavy atom. The number of anilines is 1. The first-order valence-corrected chi connectivity index (χ1v) is 9.77. The summed E-state index contributed by atoms with van der Waals surface area (Å²) in [5.74, 6) is 1.93. The smallest absolute Gasteiger partial charge is 0.272 e. The maximum atomic E-state index is 12.7. The lowest BCUT2D eigenvalue weighted by Gasteiger charge is -2.32. The molecule has 0 atom stereocenters. The number of aromatic nitrogens is 5. The minimum Gasteiger partial charge on any atom is -0.363 e. The van der Waals surface area contributed by atoms with Gasteiger partial charge in [0.25, 0.3) is 5.91 Å². The fourth-order valence-corrected chi connectivity index (χ4v) is 3.64. The van der Waals surface area contributed by atoms with Crippen LogP contribution >= 0.6 is 0 Å². The topological polar surface area (TPSA) is 80.0 Å². The number of pyridine rings is 1. The van der Waals surface area contributed by atoms with Crippen LogP contribution in [0.1, 0.15) is 34.9 Å². The Labute approximate surface area is 170 Å². The molecular weight excluding hydrogens is 366 g/mol. The molecule has 3 aromatic rings. The van der Waals surface area contributed by atoms with Gasteiger partial charge in [-0.2, -0.15) is 5.10 Å². The Hall–Kier alpha value is -3.29. The third-order valence-corrected chi connectivity index (χ3v) is 5.37. The molecule has 1 aliphatic rings. The van der Waals surface area contributed by atoms with E-state index >= 15 is 0 Å². The van der Waals surface area contributed by atoms with E-state index in [-0.39, 0.29) is 5.91 Å². The van der Waals surface area contributed by atoms with Crippen LogP contribution in [0.3, 0.4) is 0 Å². The second kappa shape index (κ2) is 7.98. The minimum atomic E-state index is 0.0394. The number of piperidine rings is 1. The lowest BCUT2D eigenvalue weighted by atomic mass is 9.92. The number of nitrogens with zero attached hydrogens (tertiary/aromatic N) is 7. The third-order valence-electron chi connectivity index (χ3n) is 5.37. The van der Waals surface area contributed by atoms with E-state index in [0.29, 0.717) is 30.5 Å². The van der Waals surface area contributed by atoms with Gasteiger partial charge in [0.15, 0.2) is 5.82 Å². The van der Waals surface area contributed by atoms with Crippen molar-refractivity contribution in [2.45, 2.75) is 18.8 Å². The Bertz CT molecular complexity index is 991. The molecule has 150 valence electrons. The summed E-state index contributed by atoms with van der Waals surface area (Å²) in [7, 11) is 5.76. The molecule has 1 saturated heterocycles. The second-order valence-corrected chi connectivity index (χ2v) is 7.51. The molecule has 4 rings (SSSR count). The Kier molecular flexibility index (Phi) is 5.24. The van der Waals surface area contributed by atoms with Crippen LogP contribution < -0.4 is 4.90 Å². The van der Waals surface area contributed by atoms with Crippen molar-refractivity contribution in [2.24, 2.45) is 7.05 Å². The van der Waals surface area contributed by atoms with E-state index in [0.717, 1.165) is 29.9 Å². The molecule has 0 aromatic carbocycles. The molecule has 0 N–H and O–H groups in total. The summed E-state index contributed by atoms with van der Waals surface area (Å²) >= 11 is 0. The normalized spacial score (nSPS) is 14.8. The van der Waals surface area contributed by atoms with Gasteiger partial charge in [-0.25, -0.2) is 9.97 Å². The first-order valence-electron chi connectivity index (χ1n) is 9.77. The number of carbonyl (C=O) groups is 1. The molecular formula is C21H25N7O. The number of carbonyl (C=O) groups excluding carboxylic acids is 1. The van der Waals surface area contributed by atoms with Crippen LogP contribution in [0.4, 0.5) is 5.82 Å². The van der Waals surface area contributed by atoms with Gasteiger partial charge in [-0.3, -0.25) is 14.5 Å². The van der Waals surface area contributed by atoms with Crippen LogP contribution in [0.15, 0.2) is 42.9 Å². The predicted octanol–water partition coefficient (Wildman–Crippen LogP) is 2.36. The van der Waals surface area contributed by atoms with Gasteiger partial charge >= 0.3 is 0 Å². The highest BCUT2D eigenvalue weighted by atomic mass is 16.2. The van der Waals surface area contributed by atoms with Crippen molar-refractivity contribution in [1.82, 2.24) is 29.6 Å². The summed E-state index contributed by atoms with van der Waals surface area (Å²) < 4.78 is 1.63. The number of likely N-dealkylation sites (tertiary alicyclic amines) is 1. The van der Waals surface area contributed by atoms with E-state index < -0.39 is 0 Å². The second-order valence-electron chi connectivity index (χ2n) is 7.51. The highest BCUT2D eigenvalue weighted by molar-refractivity contribution is 5.92. The van der Waals surface area contributed by atoms with E-state index in [1.807, 2.05) is 36.0 Å². The van der Waals surface area contributed by atoms with E-state index in [1.165, 1.54) is 0 Å². The molecule has 4 heterocycles. The third kappa shape index (κ3) is 3.96. The molecule has 1 aliphatic heterocycles. The first kappa shape index (κ1) is 19.0. The fourth-order valence-electron chi connectivity index (χ4n) is 3.64. The van der Waals surface area contributed by atoms with Crippen LogP contribution in [0.25, 0.3) is 11.4 Å². The van der Waals surface area contributed by atoms with E-state index in [4.69, 9.17) is 9.97 Å². The fraction of sp³-hybridized carbons (Fsp3) is 0.381. The highest BCUT2D eigenvalue weighted by Crippen LogP contribution is 2.30. The molecule has 3 aromatic heterocycles. The molecule has 0 bridgehead atoms. The van der Waals surface area contributed by atoms with Gasteiger partial charge in [0.05, 0.1) is 0 Å². The van der Waals surface area contributed by atoms with Crippen molar-refractivity contribution >= 4 is 11.7 Å². The van der Waals surface area contributed by atoms with Crippen LogP contribution in [0.2, 0.25) is 0 Å². The summed E-state index contributed by atoms with van der Waals surface area (Å²) in [5.41, 5.74) is 2.61. The van der Waals surface area contributed by atoms with Crippen LogP contribution in [-0.2, 0) is 7.05 Å². The first-order chi connectivity index (χ1) is 14.0. The van der Waals surface area contributed by atoms with Gasteiger partial charge in [0, 0.05) is 76.1 Å². The van der Waals surface area contributed by atoms with Crippen LogP contribution in [0.5, 0.6) is 0 Å². The Balaban J connectivity index is 1.54. The summed E-state index contributed by atoms with van der Waals surface area (Å²) in [4.78, 5) is 30.3. The number of hydrogen-bond donors (Lipinski definition) is 0. The van der Waals surface area contributed by atoms with Gasteiger partial charge in [-0.05, 0) is 31.0 Å². The zero-order valence-electron chi connectivity index (χ0n) is 17.0. The molecule has 8 heteroatoms. The Morgan fingerprint density at radius 3 is 2.41 bits per heavy atom. The summed E-state index contributed by atoms with van der Waals surface area (Å²) in [6.45, 7) is 1.42. The molecule has 0 aliphatic carbocycles. The SMILES string of the molecule is CN(C)c1cc(C2CCN(C(=O)c3ccnn3C)CC2)nc(-c2ccncc2)n1. The number of hydrogen-bond acceptors (Lipinski definition) is 6.